The lowest BCUT2D eigenvalue weighted by Crippen LogP contribution is -2.34. The summed E-state index contributed by atoms with van der Waals surface area (Å²) in [5, 5.41) is 12.3. The number of benzene rings is 1. The highest BCUT2D eigenvalue weighted by atomic mass is 35.5. The molecule has 1 fully saturated rings. The first-order valence-electron chi connectivity index (χ1n) is 8.95. The van der Waals surface area contributed by atoms with E-state index >= 15 is 0 Å². The Bertz CT molecular complexity index is 967. The third kappa shape index (κ3) is 5.00. The van der Waals surface area contributed by atoms with E-state index in [1.54, 1.807) is 25.3 Å². The Balaban J connectivity index is 0.000000252. The number of nitrogens with zero attached hydrogens (tertiary/aromatic N) is 4. The lowest BCUT2D eigenvalue weighted by molar-refractivity contribution is -0.138. The number of nitriles is 1. The molecule has 0 bridgehead atoms. The number of rotatable bonds is 3. The summed E-state index contributed by atoms with van der Waals surface area (Å²) >= 11 is 6.91. The number of hydrogen-bond donors (Lipinski definition) is 0. The molecule has 1 saturated heterocycles. The second-order valence-corrected chi connectivity index (χ2v) is 7.53. The minimum atomic E-state index is -0.335. The quantitative estimate of drug-likeness (QED) is 0.684. The van der Waals surface area contributed by atoms with Crippen LogP contribution in [0.15, 0.2) is 52.1 Å². The summed E-state index contributed by atoms with van der Waals surface area (Å²) in [6.45, 7) is 2.95. The predicted octanol–water partition coefficient (Wildman–Crippen LogP) is 4.05. The summed E-state index contributed by atoms with van der Waals surface area (Å²) in [4.78, 5) is 22.8. The smallest absolute Gasteiger partial charge is 0.337 e. The number of halogens is 2. The van der Waals surface area contributed by atoms with Crippen molar-refractivity contribution in [2.75, 3.05) is 19.7 Å². The molecule has 1 aromatic carbocycles. The number of aromatic nitrogens is 1. The Morgan fingerprint density at radius 1 is 1.52 bits per heavy atom. The molecule has 4 rings (SSSR count). The van der Waals surface area contributed by atoms with Gasteiger partial charge in [-0.25, -0.2) is 14.2 Å². The molecule has 29 heavy (non-hydrogen) atoms. The second kappa shape index (κ2) is 9.63. The van der Waals surface area contributed by atoms with Crippen LogP contribution in [0.3, 0.4) is 0 Å². The number of fused-ring (bicyclic) bond motifs is 1. The van der Waals surface area contributed by atoms with Crippen LogP contribution >= 0.6 is 22.9 Å². The Morgan fingerprint density at radius 2 is 2.34 bits per heavy atom. The highest BCUT2D eigenvalue weighted by Crippen LogP contribution is 2.34. The molecule has 2 aliphatic rings. The molecule has 1 aromatic heterocycles. The van der Waals surface area contributed by atoms with E-state index in [1.807, 2.05) is 10.3 Å². The Hall–Kier alpha value is -2.76. The molecule has 0 saturated carbocycles. The lowest BCUT2D eigenvalue weighted by atomic mass is 10.1. The number of aliphatic imine (C=N–C) groups is 1. The molecule has 2 aromatic rings. The van der Waals surface area contributed by atoms with Crippen molar-refractivity contribution in [3.8, 4) is 6.07 Å². The molecule has 1 atom stereocenters. The van der Waals surface area contributed by atoms with E-state index < -0.39 is 0 Å². The summed E-state index contributed by atoms with van der Waals surface area (Å²) < 4.78 is 17.2. The zero-order valence-electron chi connectivity index (χ0n) is 15.6. The molecule has 0 spiro atoms. The van der Waals surface area contributed by atoms with Crippen LogP contribution in [-0.2, 0) is 9.53 Å². The van der Waals surface area contributed by atoms with Gasteiger partial charge in [0.25, 0.3) is 0 Å². The number of esters is 1. The van der Waals surface area contributed by atoms with Crippen LogP contribution in [0.2, 0.25) is 5.02 Å². The van der Waals surface area contributed by atoms with Gasteiger partial charge in [0.15, 0.2) is 10.8 Å². The zero-order valence-corrected chi connectivity index (χ0v) is 17.2. The van der Waals surface area contributed by atoms with E-state index in [1.165, 1.54) is 23.5 Å². The average molecular weight is 433 g/mol. The maximum absolute atomic E-state index is 12.1. The summed E-state index contributed by atoms with van der Waals surface area (Å²) in [6.07, 6.45) is 2.29. The number of hydrogen-bond acceptors (Lipinski definition) is 7. The van der Waals surface area contributed by atoms with E-state index in [0.29, 0.717) is 30.2 Å². The van der Waals surface area contributed by atoms with E-state index in [4.69, 9.17) is 16.3 Å². The molecule has 2 aliphatic heterocycles. The van der Waals surface area contributed by atoms with Gasteiger partial charge in [-0.1, -0.05) is 17.7 Å². The van der Waals surface area contributed by atoms with Gasteiger partial charge in [-0.2, -0.15) is 5.26 Å². The summed E-state index contributed by atoms with van der Waals surface area (Å²) in [6, 6.07) is 8.09. The first-order chi connectivity index (χ1) is 14.0. The van der Waals surface area contributed by atoms with Gasteiger partial charge in [0.1, 0.15) is 5.82 Å². The lowest BCUT2D eigenvalue weighted by Gasteiger charge is -2.26. The van der Waals surface area contributed by atoms with Gasteiger partial charge in [0, 0.05) is 35.3 Å². The third-order valence-corrected chi connectivity index (χ3v) is 5.28. The highest BCUT2D eigenvalue weighted by molar-refractivity contribution is 7.11. The van der Waals surface area contributed by atoms with Crippen molar-refractivity contribution in [3.63, 3.8) is 0 Å². The predicted molar refractivity (Wildman–Crippen MR) is 109 cm³/mol. The monoisotopic (exact) mass is 432 g/mol. The average Bonchev–Trinajstić information content (AvgIpc) is 3.37. The zero-order chi connectivity index (χ0) is 20.8. The van der Waals surface area contributed by atoms with Crippen molar-refractivity contribution in [2.24, 2.45) is 10.9 Å². The molecular weight excluding hydrogens is 415 g/mol. The fourth-order valence-electron chi connectivity index (χ4n) is 3.03. The summed E-state index contributed by atoms with van der Waals surface area (Å²) in [5.41, 5.74) is 1.43. The number of carbonyl (C=O) groups excluding carboxylic acids is 1. The minimum absolute atomic E-state index is 0.132. The molecular formula is C20H18ClFN4O2S. The second-order valence-electron chi connectivity index (χ2n) is 6.20. The van der Waals surface area contributed by atoms with Crippen LogP contribution < -0.4 is 0 Å². The van der Waals surface area contributed by atoms with Gasteiger partial charge in [0.2, 0.25) is 0 Å². The largest absolute Gasteiger partial charge is 0.463 e. The van der Waals surface area contributed by atoms with Gasteiger partial charge in [0.05, 0.1) is 30.7 Å². The minimum Gasteiger partial charge on any atom is -0.463 e. The van der Waals surface area contributed by atoms with Gasteiger partial charge in [-0.3, -0.25) is 4.99 Å². The highest BCUT2D eigenvalue weighted by Gasteiger charge is 2.37. The van der Waals surface area contributed by atoms with Crippen molar-refractivity contribution in [1.82, 2.24) is 9.88 Å². The Labute approximate surface area is 176 Å². The van der Waals surface area contributed by atoms with Crippen LogP contribution in [0.4, 0.5) is 4.39 Å². The standard InChI is InChI=1S/C14H14N4O2S.C6H4ClF/c1-2-20-14(19)10-7-17-12(13-16-3-4-21-13)18-8-9(6-15)5-11(10)18;7-5-2-1-3-6(8)4-5/h3-4,9H,2,5,7-8H2,1H3;1-4H. The van der Waals surface area contributed by atoms with Gasteiger partial charge < -0.3 is 9.64 Å². The number of thiazole rings is 1. The number of carbonyl (C=O) groups is 1. The SMILES string of the molecule is CCOC(=O)C1=C2CC(C#N)CN2C(c2nccs2)=NC1.Fc1cccc(Cl)c1. The molecule has 150 valence electrons. The van der Waals surface area contributed by atoms with Crippen molar-refractivity contribution >= 4 is 34.7 Å². The Morgan fingerprint density at radius 3 is 2.93 bits per heavy atom. The molecule has 0 aliphatic carbocycles. The topological polar surface area (TPSA) is 78.6 Å². The number of amidine groups is 1. The number of ether oxygens (including phenoxy) is 1. The third-order valence-electron chi connectivity index (χ3n) is 4.27. The van der Waals surface area contributed by atoms with Gasteiger partial charge in [-0.15, -0.1) is 11.3 Å². The molecule has 0 amide bonds. The van der Waals surface area contributed by atoms with E-state index in [-0.39, 0.29) is 24.2 Å². The first kappa shape index (κ1) is 21.0. The van der Waals surface area contributed by atoms with Crippen molar-refractivity contribution in [1.29, 1.82) is 5.26 Å². The summed E-state index contributed by atoms with van der Waals surface area (Å²) in [7, 11) is 0. The molecule has 9 heteroatoms. The maximum atomic E-state index is 12.1. The summed E-state index contributed by atoms with van der Waals surface area (Å²) in [5.74, 6) is -0.00554. The van der Waals surface area contributed by atoms with Gasteiger partial charge in [-0.05, 0) is 25.1 Å². The van der Waals surface area contributed by atoms with Crippen LogP contribution in [0.25, 0.3) is 0 Å². The normalized spacial score (nSPS) is 17.7. The van der Waals surface area contributed by atoms with Crippen molar-refractivity contribution in [2.45, 2.75) is 13.3 Å². The molecule has 6 nitrogen and oxygen atoms in total. The fourth-order valence-corrected chi connectivity index (χ4v) is 3.86. The van der Waals surface area contributed by atoms with Crippen LogP contribution in [-0.4, -0.2) is 41.4 Å². The van der Waals surface area contributed by atoms with Crippen LogP contribution in [0.5, 0.6) is 0 Å². The molecule has 3 heterocycles. The molecule has 0 radical (unpaired) electrons. The maximum Gasteiger partial charge on any atom is 0.337 e. The van der Waals surface area contributed by atoms with Crippen LogP contribution in [0, 0.1) is 23.1 Å². The van der Waals surface area contributed by atoms with Crippen molar-refractivity contribution < 1.29 is 13.9 Å². The van der Waals surface area contributed by atoms with Crippen LogP contribution in [0.1, 0.15) is 18.4 Å². The van der Waals surface area contributed by atoms with Crippen molar-refractivity contribution in [3.05, 3.63) is 63.0 Å². The fraction of sp³-hybridized carbons (Fsp3) is 0.300. The number of allylic oxidation sites excluding steroid dienone is 1. The van der Waals surface area contributed by atoms with E-state index in [2.05, 4.69) is 16.0 Å². The molecule has 1 unspecified atom stereocenters. The van der Waals surface area contributed by atoms with Gasteiger partial charge >= 0.3 is 5.97 Å². The van der Waals surface area contributed by atoms with E-state index in [0.717, 1.165) is 16.5 Å². The van der Waals surface area contributed by atoms with E-state index in [9.17, 15) is 14.4 Å². The first-order valence-corrected chi connectivity index (χ1v) is 10.2. The Kier molecular flexibility index (Phi) is 6.96. The molecule has 0 N–H and O–H groups in total.